The SMILES string of the molecule is NCCc1nc(C(=O)Cc2ccc(F)cc2F)cs1. The largest absolute Gasteiger partial charge is 0.330 e. The summed E-state index contributed by atoms with van der Waals surface area (Å²) in [6.07, 6.45) is 0.487. The molecule has 2 rings (SSSR count). The van der Waals surface area contributed by atoms with Gasteiger partial charge in [0, 0.05) is 24.3 Å². The molecule has 1 aromatic carbocycles. The molecule has 0 fully saturated rings. The first-order valence-electron chi connectivity index (χ1n) is 5.71. The lowest BCUT2D eigenvalue weighted by Gasteiger charge is -2.01. The smallest absolute Gasteiger partial charge is 0.186 e. The number of nitrogens with two attached hydrogens (primary N) is 1. The molecule has 0 aliphatic rings. The van der Waals surface area contributed by atoms with Gasteiger partial charge >= 0.3 is 0 Å². The number of hydrogen-bond acceptors (Lipinski definition) is 4. The number of halogens is 2. The quantitative estimate of drug-likeness (QED) is 0.856. The number of benzene rings is 1. The van der Waals surface area contributed by atoms with Crippen molar-refractivity contribution in [3.8, 4) is 0 Å². The van der Waals surface area contributed by atoms with Gasteiger partial charge in [0.15, 0.2) is 5.78 Å². The Morgan fingerprint density at radius 1 is 1.37 bits per heavy atom. The van der Waals surface area contributed by atoms with Crippen LogP contribution >= 0.6 is 11.3 Å². The summed E-state index contributed by atoms with van der Waals surface area (Å²) >= 11 is 1.35. The number of rotatable bonds is 5. The first-order chi connectivity index (χ1) is 9.10. The zero-order valence-corrected chi connectivity index (χ0v) is 10.8. The van der Waals surface area contributed by atoms with Crippen molar-refractivity contribution in [2.75, 3.05) is 6.54 Å². The third kappa shape index (κ3) is 3.42. The van der Waals surface area contributed by atoms with Gasteiger partial charge in [-0.2, -0.15) is 0 Å². The van der Waals surface area contributed by atoms with Gasteiger partial charge < -0.3 is 5.73 Å². The molecule has 2 N–H and O–H groups in total. The Balaban J connectivity index is 2.11. The molecule has 0 atom stereocenters. The summed E-state index contributed by atoms with van der Waals surface area (Å²) < 4.78 is 26.2. The van der Waals surface area contributed by atoms with Crippen LogP contribution in [0, 0.1) is 11.6 Å². The van der Waals surface area contributed by atoms with E-state index >= 15 is 0 Å². The van der Waals surface area contributed by atoms with Crippen LogP contribution in [-0.2, 0) is 12.8 Å². The van der Waals surface area contributed by atoms with Crippen LogP contribution < -0.4 is 5.73 Å². The fourth-order valence-corrected chi connectivity index (χ4v) is 2.42. The number of carbonyl (C=O) groups is 1. The highest BCUT2D eigenvalue weighted by Crippen LogP contribution is 2.15. The van der Waals surface area contributed by atoms with Crippen molar-refractivity contribution in [2.24, 2.45) is 5.73 Å². The number of nitrogens with zero attached hydrogens (tertiary/aromatic N) is 1. The number of carbonyl (C=O) groups excluding carboxylic acids is 1. The van der Waals surface area contributed by atoms with Crippen molar-refractivity contribution in [1.29, 1.82) is 0 Å². The number of thiazole rings is 1. The van der Waals surface area contributed by atoms with Crippen LogP contribution in [0.5, 0.6) is 0 Å². The molecule has 2 aromatic rings. The van der Waals surface area contributed by atoms with E-state index in [0.29, 0.717) is 18.7 Å². The predicted octanol–water partition coefficient (Wildman–Crippen LogP) is 2.35. The van der Waals surface area contributed by atoms with Crippen LogP contribution in [0.2, 0.25) is 0 Å². The van der Waals surface area contributed by atoms with Gasteiger partial charge in [-0.15, -0.1) is 11.3 Å². The number of aromatic nitrogens is 1. The second-order valence-electron chi connectivity index (χ2n) is 4.00. The number of ketones is 1. The molecule has 0 saturated heterocycles. The summed E-state index contributed by atoms with van der Waals surface area (Å²) in [7, 11) is 0. The average molecular weight is 282 g/mol. The summed E-state index contributed by atoms with van der Waals surface area (Å²) in [5, 5.41) is 2.42. The zero-order valence-electron chi connectivity index (χ0n) is 10.0. The van der Waals surface area contributed by atoms with Gasteiger partial charge in [-0.05, 0) is 18.2 Å². The maximum absolute atomic E-state index is 13.4. The molecule has 6 heteroatoms. The minimum Gasteiger partial charge on any atom is -0.330 e. The third-order valence-electron chi connectivity index (χ3n) is 2.56. The second-order valence-corrected chi connectivity index (χ2v) is 4.94. The van der Waals surface area contributed by atoms with Crippen LogP contribution in [0.15, 0.2) is 23.6 Å². The van der Waals surface area contributed by atoms with Gasteiger partial charge in [0.1, 0.15) is 17.3 Å². The Labute approximate surface area is 113 Å². The lowest BCUT2D eigenvalue weighted by Crippen LogP contribution is -2.07. The highest BCUT2D eigenvalue weighted by Gasteiger charge is 2.14. The third-order valence-corrected chi connectivity index (χ3v) is 3.47. The molecule has 0 spiro atoms. The van der Waals surface area contributed by atoms with Crippen molar-refractivity contribution in [1.82, 2.24) is 4.98 Å². The number of hydrogen-bond donors (Lipinski definition) is 1. The van der Waals surface area contributed by atoms with Gasteiger partial charge in [-0.1, -0.05) is 6.07 Å². The maximum Gasteiger partial charge on any atom is 0.186 e. The molecule has 0 amide bonds. The van der Waals surface area contributed by atoms with Crippen LogP contribution in [0.3, 0.4) is 0 Å². The standard InChI is InChI=1S/C13H12F2N2OS/c14-9-2-1-8(10(15)6-9)5-12(18)11-7-19-13(17-11)3-4-16/h1-2,6-7H,3-5,16H2. The Kier molecular flexibility index (Phi) is 4.34. The van der Waals surface area contributed by atoms with Crippen molar-refractivity contribution in [3.05, 3.63) is 51.5 Å². The monoisotopic (exact) mass is 282 g/mol. The molecule has 1 heterocycles. The molecule has 0 radical (unpaired) electrons. The number of Topliss-reactive ketones (excluding diaryl/α,β-unsaturated/α-hetero) is 1. The van der Waals surface area contributed by atoms with Crippen molar-refractivity contribution >= 4 is 17.1 Å². The Bertz CT molecular complexity index is 598. The van der Waals surface area contributed by atoms with Crippen molar-refractivity contribution in [2.45, 2.75) is 12.8 Å². The van der Waals surface area contributed by atoms with E-state index in [4.69, 9.17) is 5.73 Å². The van der Waals surface area contributed by atoms with E-state index in [1.54, 1.807) is 5.38 Å². The molecular weight excluding hydrogens is 270 g/mol. The molecule has 0 saturated carbocycles. The summed E-state index contributed by atoms with van der Waals surface area (Å²) in [5.41, 5.74) is 5.87. The summed E-state index contributed by atoms with van der Waals surface area (Å²) in [6, 6.07) is 3.17. The van der Waals surface area contributed by atoms with Gasteiger partial charge in [0.25, 0.3) is 0 Å². The highest BCUT2D eigenvalue weighted by atomic mass is 32.1. The fraction of sp³-hybridized carbons (Fsp3) is 0.231. The molecule has 0 aliphatic heterocycles. The minimum absolute atomic E-state index is 0.127. The lowest BCUT2D eigenvalue weighted by molar-refractivity contribution is 0.0987. The molecule has 1 aromatic heterocycles. The predicted molar refractivity (Wildman–Crippen MR) is 69.3 cm³/mol. The van der Waals surface area contributed by atoms with Crippen LogP contribution in [0.1, 0.15) is 21.1 Å². The Morgan fingerprint density at radius 2 is 2.16 bits per heavy atom. The molecule has 0 bridgehead atoms. The fourth-order valence-electron chi connectivity index (χ4n) is 1.61. The molecule has 19 heavy (non-hydrogen) atoms. The maximum atomic E-state index is 13.4. The summed E-state index contributed by atoms with van der Waals surface area (Å²) in [5.74, 6) is -1.66. The first kappa shape index (κ1) is 13.8. The molecule has 0 aliphatic carbocycles. The second kappa shape index (κ2) is 5.99. The van der Waals surface area contributed by atoms with Gasteiger partial charge in [0.2, 0.25) is 0 Å². The molecule has 100 valence electrons. The minimum atomic E-state index is -0.717. The van der Waals surface area contributed by atoms with E-state index in [-0.39, 0.29) is 17.8 Å². The van der Waals surface area contributed by atoms with Gasteiger partial charge in [-0.3, -0.25) is 4.79 Å². The van der Waals surface area contributed by atoms with Crippen LogP contribution in [0.4, 0.5) is 8.78 Å². The van der Waals surface area contributed by atoms with Crippen LogP contribution in [0.25, 0.3) is 0 Å². The highest BCUT2D eigenvalue weighted by molar-refractivity contribution is 7.09. The van der Waals surface area contributed by atoms with E-state index < -0.39 is 11.6 Å². The molecule has 3 nitrogen and oxygen atoms in total. The average Bonchev–Trinajstić information content (AvgIpc) is 2.82. The zero-order chi connectivity index (χ0) is 13.8. The van der Waals surface area contributed by atoms with E-state index in [9.17, 15) is 13.6 Å². The van der Waals surface area contributed by atoms with E-state index in [2.05, 4.69) is 4.98 Å². The first-order valence-corrected chi connectivity index (χ1v) is 6.59. The van der Waals surface area contributed by atoms with E-state index in [1.807, 2.05) is 0 Å². The van der Waals surface area contributed by atoms with Crippen molar-refractivity contribution < 1.29 is 13.6 Å². The van der Waals surface area contributed by atoms with Crippen LogP contribution in [-0.4, -0.2) is 17.3 Å². The summed E-state index contributed by atoms with van der Waals surface area (Å²) in [6.45, 7) is 0.466. The van der Waals surface area contributed by atoms with E-state index in [0.717, 1.165) is 17.1 Å². The van der Waals surface area contributed by atoms with Crippen molar-refractivity contribution in [3.63, 3.8) is 0 Å². The molecular formula is C13H12F2N2OS. The van der Waals surface area contributed by atoms with Gasteiger partial charge in [0.05, 0.1) is 5.01 Å². The normalized spacial score (nSPS) is 10.7. The lowest BCUT2D eigenvalue weighted by atomic mass is 10.1. The van der Waals surface area contributed by atoms with Gasteiger partial charge in [-0.25, -0.2) is 13.8 Å². The molecule has 0 unspecified atom stereocenters. The van der Waals surface area contributed by atoms with E-state index in [1.165, 1.54) is 17.4 Å². The topological polar surface area (TPSA) is 56.0 Å². The summed E-state index contributed by atoms with van der Waals surface area (Å²) in [4.78, 5) is 16.1. The Morgan fingerprint density at radius 3 is 2.84 bits per heavy atom. The Hall–Kier alpha value is -1.66.